The zero-order valence-electron chi connectivity index (χ0n) is 22.3. The third-order valence-corrected chi connectivity index (χ3v) is 6.60. The molecule has 1 aromatic carbocycles. The summed E-state index contributed by atoms with van der Waals surface area (Å²) in [5, 5.41) is 3.09. The van der Waals surface area contributed by atoms with Crippen LogP contribution in [0.4, 0.5) is 14.9 Å². The number of halogens is 2. The summed E-state index contributed by atoms with van der Waals surface area (Å²) in [7, 11) is 1.58. The Hall–Kier alpha value is -3.05. The molecule has 1 N–H and O–H groups in total. The first-order valence-electron chi connectivity index (χ1n) is 12.4. The van der Waals surface area contributed by atoms with Crippen molar-refractivity contribution < 1.29 is 28.2 Å². The number of rotatable bonds is 9. The highest BCUT2D eigenvalue weighted by Crippen LogP contribution is 2.26. The molecular weight excluding hydrogens is 559 g/mol. The summed E-state index contributed by atoms with van der Waals surface area (Å²) >= 11 is 3.07. The van der Waals surface area contributed by atoms with Crippen LogP contribution in [-0.4, -0.2) is 77.4 Å². The predicted molar refractivity (Wildman–Crippen MR) is 145 cm³/mol. The van der Waals surface area contributed by atoms with Gasteiger partial charge in [0.15, 0.2) is 11.6 Å². The van der Waals surface area contributed by atoms with Crippen molar-refractivity contribution in [1.82, 2.24) is 14.8 Å². The molecule has 1 aliphatic heterocycles. The molecule has 38 heavy (non-hydrogen) atoms. The average Bonchev–Trinajstić information content (AvgIpc) is 2.88. The van der Waals surface area contributed by atoms with Gasteiger partial charge in [-0.3, -0.25) is 14.5 Å². The van der Waals surface area contributed by atoms with Gasteiger partial charge < -0.3 is 19.7 Å². The Labute approximate surface area is 230 Å². The Morgan fingerprint density at radius 2 is 1.76 bits per heavy atom. The number of benzene rings is 1. The van der Waals surface area contributed by atoms with Crippen molar-refractivity contribution in [2.24, 2.45) is 0 Å². The monoisotopic (exact) mass is 592 g/mol. The Bertz CT molecular complexity index is 1160. The number of aromatic nitrogens is 1. The highest BCUT2D eigenvalue weighted by molar-refractivity contribution is 9.10. The van der Waals surface area contributed by atoms with Crippen LogP contribution in [-0.2, 0) is 16.1 Å². The third kappa shape index (κ3) is 7.50. The molecule has 3 rings (SSSR count). The summed E-state index contributed by atoms with van der Waals surface area (Å²) in [4.78, 5) is 46.8. The van der Waals surface area contributed by atoms with E-state index in [2.05, 4.69) is 26.2 Å². The van der Waals surface area contributed by atoms with Crippen LogP contribution < -0.4 is 10.1 Å². The lowest BCUT2D eigenvalue weighted by Crippen LogP contribution is -2.57. The Kier molecular flexibility index (Phi) is 9.83. The zero-order valence-corrected chi connectivity index (χ0v) is 23.9. The maximum atomic E-state index is 14.5. The lowest BCUT2D eigenvalue weighted by atomic mass is 9.99. The fraction of sp³-hybridized carbons (Fsp3) is 0.481. The molecule has 0 bridgehead atoms. The number of amides is 1. The summed E-state index contributed by atoms with van der Waals surface area (Å²) in [5.41, 5.74) is 0.412. The summed E-state index contributed by atoms with van der Waals surface area (Å²) in [6.45, 7) is 8.59. The summed E-state index contributed by atoms with van der Waals surface area (Å²) in [6.07, 6.45) is -0.296. The number of nitrogens with one attached hydrogen (secondary N) is 1. The topological polar surface area (TPSA) is 101 Å². The number of ketones is 2. The molecule has 9 nitrogen and oxygen atoms in total. The van der Waals surface area contributed by atoms with E-state index in [1.54, 1.807) is 56.7 Å². The van der Waals surface area contributed by atoms with Gasteiger partial charge in [0.1, 0.15) is 27.7 Å². The fourth-order valence-electron chi connectivity index (χ4n) is 4.06. The van der Waals surface area contributed by atoms with Crippen LogP contribution in [0, 0.1) is 5.82 Å². The van der Waals surface area contributed by atoms with Crippen LogP contribution in [0.3, 0.4) is 0 Å². The molecule has 0 saturated carbocycles. The Morgan fingerprint density at radius 1 is 1.13 bits per heavy atom. The lowest BCUT2D eigenvalue weighted by molar-refractivity contribution is -0.122. The van der Waals surface area contributed by atoms with Crippen molar-refractivity contribution in [2.45, 2.75) is 52.3 Å². The molecule has 1 aliphatic rings. The number of piperazine rings is 1. The van der Waals surface area contributed by atoms with Crippen LogP contribution >= 0.6 is 15.9 Å². The van der Waals surface area contributed by atoms with Gasteiger partial charge in [-0.05, 0) is 54.4 Å². The molecule has 1 atom stereocenters. The van der Waals surface area contributed by atoms with E-state index in [0.29, 0.717) is 38.5 Å². The van der Waals surface area contributed by atoms with E-state index in [-0.39, 0.29) is 28.2 Å². The number of methoxy groups -OCH3 is 1. The molecule has 206 valence electrons. The number of carbonyl (C=O) groups is 3. The van der Waals surface area contributed by atoms with E-state index in [9.17, 15) is 18.8 Å². The molecule has 0 aliphatic carbocycles. The smallest absolute Gasteiger partial charge is 0.410 e. The molecule has 1 fully saturated rings. The average molecular weight is 593 g/mol. The number of anilines is 1. The van der Waals surface area contributed by atoms with Crippen molar-refractivity contribution in [3.63, 3.8) is 0 Å². The zero-order chi connectivity index (χ0) is 28.0. The highest BCUT2D eigenvalue weighted by atomic mass is 79.9. The minimum absolute atomic E-state index is 0.0341. The van der Waals surface area contributed by atoms with E-state index in [4.69, 9.17) is 9.47 Å². The standard InChI is InChI=1S/C27H34BrFN4O5/c1-6-21(34)23(32-11-13-33(14-12-32)26(36)38-27(2,3)4)24(35)22-20(15-19(29)25(28)31-22)30-16-17-7-9-18(37-5)10-8-17/h7-10,15,23,30H,6,11-14,16H2,1-5H3. The second kappa shape index (κ2) is 12.7. The molecule has 1 unspecified atom stereocenters. The van der Waals surface area contributed by atoms with Gasteiger partial charge in [0, 0.05) is 45.2 Å². The van der Waals surface area contributed by atoms with Gasteiger partial charge >= 0.3 is 6.09 Å². The maximum Gasteiger partial charge on any atom is 0.410 e. The van der Waals surface area contributed by atoms with Crippen molar-refractivity contribution in [2.75, 3.05) is 38.6 Å². The first-order chi connectivity index (χ1) is 17.9. The first-order valence-corrected chi connectivity index (χ1v) is 13.2. The number of nitrogens with zero attached hydrogens (tertiary/aromatic N) is 3. The number of Topliss-reactive ketones (excluding diaryl/α,β-unsaturated/α-hetero) is 2. The Balaban J connectivity index is 1.81. The number of hydrogen-bond acceptors (Lipinski definition) is 8. The van der Waals surface area contributed by atoms with Gasteiger partial charge in [-0.1, -0.05) is 19.1 Å². The molecular formula is C27H34BrFN4O5. The summed E-state index contributed by atoms with van der Waals surface area (Å²) < 4.78 is 25.0. The van der Waals surface area contributed by atoms with E-state index in [0.717, 1.165) is 5.56 Å². The van der Waals surface area contributed by atoms with Crippen LogP contribution in [0.25, 0.3) is 0 Å². The molecule has 1 aromatic heterocycles. The van der Waals surface area contributed by atoms with Crippen molar-refractivity contribution in [3.05, 3.63) is 52.0 Å². The number of carbonyl (C=O) groups excluding carboxylic acids is 3. The van der Waals surface area contributed by atoms with Gasteiger partial charge in [-0.15, -0.1) is 0 Å². The molecule has 11 heteroatoms. The van der Waals surface area contributed by atoms with E-state index in [1.807, 2.05) is 12.1 Å². The van der Waals surface area contributed by atoms with Gasteiger partial charge in [0.2, 0.25) is 5.78 Å². The van der Waals surface area contributed by atoms with Gasteiger partial charge in [0.25, 0.3) is 0 Å². The summed E-state index contributed by atoms with van der Waals surface area (Å²) in [5.74, 6) is -0.735. The quantitative estimate of drug-likeness (QED) is 0.254. The number of hydrogen-bond donors (Lipinski definition) is 1. The molecule has 1 saturated heterocycles. The van der Waals surface area contributed by atoms with Crippen LogP contribution in [0.2, 0.25) is 0 Å². The molecule has 0 radical (unpaired) electrons. The number of ether oxygens (including phenoxy) is 2. The normalized spacial score (nSPS) is 15.1. The molecule has 1 amide bonds. The minimum Gasteiger partial charge on any atom is -0.497 e. The molecule has 0 spiro atoms. The van der Waals surface area contributed by atoms with Gasteiger partial charge in [-0.25, -0.2) is 14.2 Å². The lowest BCUT2D eigenvalue weighted by Gasteiger charge is -2.38. The maximum absolute atomic E-state index is 14.5. The van der Waals surface area contributed by atoms with Gasteiger partial charge in [0.05, 0.1) is 12.8 Å². The van der Waals surface area contributed by atoms with E-state index in [1.165, 1.54) is 6.07 Å². The molecule has 2 aromatic rings. The van der Waals surface area contributed by atoms with E-state index >= 15 is 0 Å². The van der Waals surface area contributed by atoms with E-state index < -0.39 is 29.3 Å². The minimum atomic E-state index is -1.10. The SMILES string of the molecule is CCC(=O)C(C(=O)c1nc(Br)c(F)cc1NCc1ccc(OC)cc1)N1CCN(C(=O)OC(C)(C)C)CC1. The van der Waals surface area contributed by atoms with Crippen LogP contribution in [0.5, 0.6) is 5.75 Å². The highest BCUT2D eigenvalue weighted by Gasteiger charge is 2.37. The van der Waals surface area contributed by atoms with Crippen LogP contribution in [0.15, 0.2) is 34.9 Å². The fourth-order valence-corrected chi connectivity index (χ4v) is 4.35. The second-order valence-corrected chi connectivity index (χ2v) is 10.7. The third-order valence-electron chi connectivity index (χ3n) is 6.04. The Morgan fingerprint density at radius 3 is 2.32 bits per heavy atom. The predicted octanol–water partition coefficient (Wildman–Crippen LogP) is 4.69. The summed E-state index contributed by atoms with van der Waals surface area (Å²) in [6, 6.07) is 7.40. The molecule has 2 heterocycles. The number of pyridine rings is 1. The largest absolute Gasteiger partial charge is 0.497 e. The van der Waals surface area contributed by atoms with Gasteiger partial charge in [-0.2, -0.15) is 0 Å². The van der Waals surface area contributed by atoms with Crippen molar-refractivity contribution in [1.29, 1.82) is 0 Å². The van der Waals surface area contributed by atoms with Crippen LogP contribution in [0.1, 0.15) is 50.2 Å². The van der Waals surface area contributed by atoms with Crippen molar-refractivity contribution >= 4 is 39.3 Å². The van der Waals surface area contributed by atoms with Crippen molar-refractivity contribution in [3.8, 4) is 5.75 Å². The first kappa shape index (κ1) is 29.5. The second-order valence-electron chi connectivity index (χ2n) is 9.95.